The van der Waals surface area contributed by atoms with Gasteiger partial charge in [0.25, 0.3) is 0 Å². The van der Waals surface area contributed by atoms with Crippen LogP contribution in [-0.4, -0.2) is 29.5 Å². The van der Waals surface area contributed by atoms with Crippen LogP contribution in [0.3, 0.4) is 0 Å². The minimum Gasteiger partial charge on any atom is -0.367 e. The number of amides is 2. The van der Waals surface area contributed by atoms with Crippen LogP contribution >= 0.6 is 0 Å². The molecule has 0 bridgehead atoms. The van der Waals surface area contributed by atoms with Crippen molar-refractivity contribution in [3.63, 3.8) is 0 Å². The van der Waals surface area contributed by atoms with Gasteiger partial charge in [0, 0.05) is 26.0 Å². The molecule has 0 saturated heterocycles. The molecule has 2 amide bonds. The Morgan fingerprint density at radius 1 is 1.75 bits per heavy atom. The number of nitrogens with one attached hydrogen (secondary N) is 1. The summed E-state index contributed by atoms with van der Waals surface area (Å²) in [7, 11) is 1.69. The van der Waals surface area contributed by atoms with Crippen molar-refractivity contribution in [2.24, 2.45) is 5.73 Å². The van der Waals surface area contributed by atoms with Gasteiger partial charge < -0.3 is 15.6 Å². The lowest BCUT2D eigenvalue weighted by atomic mass is 10.2. The maximum Gasteiger partial charge on any atom is 0.314 e. The van der Waals surface area contributed by atoms with E-state index in [0.29, 0.717) is 6.54 Å². The van der Waals surface area contributed by atoms with E-state index in [0.717, 1.165) is 6.42 Å². The normalized spacial score (nSPS) is 9.75. The second kappa shape index (κ2) is 3.80. The molecule has 66 valence electrons. The van der Waals surface area contributed by atoms with Gasteiger partial charge >= 0.3 is 6.03 Å². The van der Waals surface area contributed by atoms with Gasteiger partial charge in [-0.2, -0.15) is 0 Å². The lowest BCUT2D eigenvalue weighted by Crippen LogP contribution is -2.33. The molecule has 1 heterocycles. The fraction of sp³-hybridized carbons (Fsp3) is 0.375. The SMILES string of the molecule is CN(CCc1cc[nH]c1)C(N)=O. The zero-order valence-electron chi connectivity index (χ0n) is 7.08. The van der Waals surface area contributed by atoms with Gasteiger partial charge in [0.2, 0.25) is 0 Å². The third kappa shape index (κ3) is 2.30. The van der Waals surface area contributed by atoms with Crippen molar-refractivity contribution in [1.82, 2.24) is 9.88 Å². The van der Waals surface area contributed by atoms with Crippen LogP contribution in [0, 0.1) is 0 Å². The Bertz CT molecular complexity index is 243. The van der Waals surface area contributed by atoms with Crippen molar-refractivity contribution in [3.8, 4) is 0 Å². The number of H-pyrrole nitrogens is 1. The lowest BCUT2D eigenvalue weighted by molar-refractivity contribution is 0.219. The number of hydrogen-bond acceptors (Lipinski definition) is 1. The number of carbonyl (C=O) groups is 1. The molecule has 0 aromatic carbocycles. The molecule has 1 aromatic heterocycles. The molecular formula is C8H13N3O. The fourth-order valence-corrected chi connectivity index (χ4v) is 0.921. The number of nitrogens with zero attached hydrogens (tertiary/aromatic N) is 1. The molecule has 0 aliphatic rings. The Balaban J connectivity index is 2.31. The van der Waals surface area contributed by atoms with Crippen LogP contribution in [0.15, 0.2) is 18.5 Å². The molecule has 0 radical (unpaired) electrons. The molecule has 4 heteroatoms. The average Bonchev–Trinajstić information content (AvgIpc) is 2.51. The molecule has 1 aromatic rings. The quantitative estimate of drug-likeness (QED) is 0.679. The van der Waals surface area contributed by atoms with E-state index in [9.17, 15) is 4.79 Å². The summed E-state index contributed by atoms with van der Waals surface area (Å²) in [4.78, 5) is 15.0. The summed E-state index contributed by atoms with van der Waals surface area (Å²) < 4.78 is 0. The predicted octanol–water partition coefficient (Wildman–Crippen LogP) is 0.568. The van der Waals surface area contributed by atoms with E-state index in [1.165, 1.54) is 10.5 Å². The first kappa shape index (κ1) is 8.64. The van der Waals surface area contributed by atoms with Crippen molar-refractivity contribution in [2.45, 2.75) is 6.42 Å². The second-order valence-corrected chi connectivity index (χ2v) is 2.73. The minimum atomic E-state index is -0.384. The number of rotatable bonds is 3. The summed E-state index contributed by atoms with van der Waals surface area (Å²) in [5.74, 6) is 0. The zero-order valence-corrected chi connectivity index (χ0v) is 7.08. The first-order valence-corrected chi connectivity index (χ1v) is 3.82. The largest absolute Gasteiger partial charge is 0.367 e. The van der Waals surface area contributed by atoms with Crippen LogP contribution in [0.4, 0.5) is 4.79 Å². The Kier molecular flexibility index (Phi) is 2.74. The molecule has 0 aliphatic carbocycles. The third-order valence-corrected chi connectivity index (χ3v) is 1.77. The van der Waals surface area contributed by atoms with E-state index in [4.69, 9.17) is 5.73 Å². The van der Waals surface area contributed by atoms with E-state index in [1.807, 2.05) is 18.5 Å². The number of hydrogen-bond donors (Lipinski definition) is 2. The molecule has 0 aliphatic heterocycles. The molecule has 4 nitrogen and oxygen atoms in total. The van der Waals surface area contributed by atoms with Gasteiger partial charge in [-0.05, 0) is 18.1 Å². The predicted molar refractivity (Wildman–Crippen MR) is 46.7 cm³/mol. The van der Waals surface area contributed by atoms with E-state index >= 15 is 0 Å². The van der Waals surface area contributed by atoms with E-state index in [1.54, 1.807) is 7.05 Å². The molecule has 0 fully saturated rings. The molecule has 0 saturated carbocycles. The number of primary amides is 1. The first-order chi connectivity index (χ1) is 5.70. The zero-order chi connectivity index (χ0) is 8.97. The second-order valence-electron chi connectivity index (χ2n) is 2.73. The number of aromatic amines is 1. The van der Waals surface area contributed by atoms with Crippen molar-refractivity contribution in [3.05, 3.63) is 24.0 Å². The molecule has 3 N–H and O–H groups in total. The maximum absolute atomic E-state index is 10.6. The Morgan fingerprint density at radius 3 is 3.00 bits per heavy atom. The van der Waals surface area contributed by atoms with Crippen LogP contribution in [0.5, 0.6) is 0 Å². The number of nitrogens with two attached hydrogens (primary N) is 1. The molecule has 0 atom stereocenters. The summed E-state index contributed by atoms with van der Waals surface area (Å²) in [6.07, 6.45) is 4.61. The first-order valence-electron chi connectivity index (χ1n) is 3.82. The van der Waals surface area contributed by atoms with Gasteiger partial charge in [-0.3, -0.25) is 0 Å². The van der Waals surface area contributed by atoms with Crippen LogP contribution < -0.4 is 5.73 Å². The molecule has 1 rings (SSSR count). The highest BCUT2D eigenvalue weighted by molar-refractivity contribution is 5.71. The van der Waals surface area contributed by atoms with Crippen LogP contribution in [-0.2, 0) is 6.42 Å². The highest BCUT2D eigenvalue weighted by atomic mass is 16.2. The van der Waals surface area contributed by atoms with Gasteiger partial charge in [-0.1, -0.05) is 0 Å². The highest BCUT2D eigenvalue weighted by Crippen LogP contribution is 1.98. The molecule has 12 heavy (non-hydrogen) atoms. The van der Waals surface area contributed by atoms with Crippen LogP contribution in [0.1, 0.15) is 5.56 Å². The van der Waals surface area contributed by atoms with Crippen molar-refractivity contribution < 1.29 is 4.79 Å². The summed E-state index contributed by atoms with van der Waals surface area (Å²) in [5, 5.41) is 0. The number of carbonyl (C=O) groups excluding carboxylic acids is 1. The van der Waals surface area contributed by atoms with Gasteiger partial charge in [0.05, 0.1) is 0 Å². The van der Waals surface area contributed by atoms with Crippen LogP contribution in [0.2, 0.25) is 0 Å². The Labute approximate surface area is 71.4 Å². The third-order valence-electron chi connectivity index (χ3n) is 1.77. The van der Waals surface area contributed by atoms with Gasteiger partial charge in [0.15, 0.2) is 0 Å². The molecule has 0 unspecified atom stereocenters. The summed E-state index contributed by atoms with van der Waals surface area (Å²) >= 11 is 0. The number of likely N-dealkylation sites (N-methyl/N-ethyl adjacent to an activating group) is 1. The summed E-state index contributed by atoms with van der Waals surface area (Å²) in [6.45, 7) is 0.660. The van der Waals surface area contributed by atoms with E-state index < -0.39 is 0 Å². The highest BCUT2D eigenvalue weighted by Gasteiger charge is 2.02. The Morgan fingerprint density at radius 2 is 2.50 bits per heavy atom. The number of aromatic nitrogens is 1. The minimum absolute atomic E-state index is 0.384. The smallest absolute Gasteiger partial charge is 0.314 e. The monoisotopic (exact) mass is 167 g/mol. The van der Waals surface area contributed by atoms with Gasteiger partial charge in [0.1, 0.15) is 0 Å². The summed E-state index contributed by atoms with van der Waals surface area (Å²) in [6, 6.07) is 1.60. The van der Waals surface area contributed by atoms with Crippen molar-refractivity contribution >= 4 is 6.03 Å². The fourth-order valence-electron chi connectivity index (χ4n) is 0.921. The lowest BCUT2D eigenvalue weighted by Gasteiger charge is -2.12. The molecule has 0 spiro atoms. The van der Waals surface area contributed by atoms with Crippen molar-refractivity contribution in [2.75, 3.05) is 13.6 Å². The standard InChI is InChI=1S/C8H13N3O/c1-11(8(9)12)5-3-7-2-4-10-6-7/h2,4,6,10H,3,5H2,1H3,(H2,9,12). The maximum atomic E-state index is 10.6. The van der Waals surface area contributed by atoms with Crippen molar-refractivity contribution in [1.29, 1.82) is 0 Å². The molecular weight excluding hydrogens is 154 g/mol. The average molecular weight is 167 g/mol. The van der Waals surface area contributed by atoms with Crippen LogP contribution in [0.25, 0.3) is 0 Å². The van der Waals surface area contributed by atoms with E-state index in [2.05, 4.69) is 4.98 Å². The van der Waals surface area contributed by atoms with Gasteiger partial charge in [-0.25, -0.2) is 4.79 Å². The van der Waals surface area contributed by atoms with Gasteiger partial charge in [-0.15, -0.1) is 0 Å². The number of urea groups is 1. The summed E-state index contributed by atoms with van der Waals surface area (Å²) in [5.41, 5.74) is 6.24. The van der Waals surface area contributed by atoms with E-state index in [-0.39, 0.29) is 6.03 Å². The topological polar surface area (TPSA) is 62.1 Å². The Hall–Kier alpha value is -1.45.